The first-order valence-corrected chi connectivity index (χ1v) is 26.7. The quantitative estimate of drug-likeness (QED) is 0.0410. The van der Waals surface area contributed by atoms with Gasteiger partial charge in [-0.15, -0.1) is 8.78 Å². The molecule has 3 aromatic carbocycles. The Balaban J connectivity index is 0.609. The van der Waals surface area contributed by atoms with Crippen LogP contribution in [0.4, 0.5) is 25.4 Å². The lowest BCUT2D eigenvalue weighted by Crippen LogP contribution is -2.40. The molecule has 0 bridgehead atoms. The minimum atomic E-state index is -3.89. The number of Topliss-reactive ketones (excluding diaryl/α,β-unsaturated/α-hetero) is 1. The number of benzene rings is 3. The van der Waals surface area contributed by atoms with Gasteiger partial charge in [-0.1, -0.05) is 40.8 Å². The number of carbonyl (C=O) groups is 4. The molecule has 1 aliphatic carbocycles. The number of ketones is 1. The zero-order valence-corrected chi connectivity index (χ0v) is 42.7. The largest absolute Gasteiger partial charge is 0.586 e. The smallest absolute Gasteiger partial charge is 0.395 e. The molecule has 0 atom stereocenters. The number of aromatic nitrogens is 3. The van der Waals surface area contributed by atoms with E-state index in [9.17, 15) is 36.4 Å². The van der Waals surface area contributed by atoms with E-state index in [1.807, 2.05) is 19.1 Å². The number of aryl methyl sites for hydroxylation is 2. The van der Waals surface area contributed by atoms with E-state index in [1.54, 1.807) is 48.5 Å². The zero-order valence-electron chi connectivity index (χ0n) is 41.0. The van der Waals surface area contributed by atoms with Crippen LogP contribution in [-0.4, -0.2) is 124 Å². The summed E-state index contributed by atoms with van der Waals surface area (Å²) in [5.41, 5.74) is 3.65. The molecule has 9 rings (SSSR count). The van der Waals surface area contributed by atoms with Crippen molar-refractivity contribution in [2.75, 3.05) is 81.1 Å². The molecule has 2 fully saturated rings. The highest BCUT2D eigenvalue weighted by Crippen LogP contribution is 2.52. The average Bonchev–Trinajstić information content (AvgIpc) is 3.75. The monoisotopic (exact) mass is 1070 g/mol. The Bertz CT molecular complexity index is 3200. The molecular formula is C51H55F2N9O11S2. The van der Waals surface area contributed by atoms with Crippen LogP contribution in [0.2, 0.25) is 0 Å². The predicted molar refractivity (Wildman–Crippen MR) is 273 cm³/mol. The highest BCUT2D eigenvalue weighted by atomic mass is 32.2. The van der Waals surface area contributed by atoms with E-state index in [0.717, 1.165) is 11.8 Å². The molecule has 0 unspecified atom stereocenters. The number of halogens is 2. The summed E-state index contributed by atoms with van der Waals surface area (Å²) in [6.07, 6.45) is 0.0827. The number of hydrogen-bond donors (Lipinski definition) is 5. The third-order valence-electron chi connectivity index (χ3n) is 13.1. The van der Waals surface area contributed by atoms with Gasteiger partial charge < -0.3 is 49.6 Å². The Labute approximate surface area is 434 Å². The maximum atomic E-state index is 13.6. The molecule has 20 nitrogen and oxygen atoms in total. The molecule has 6 aromatic rings. The van der Waals surface area contributed by atoms with Gasteiger partial charge in [0.15, 0.2) is 22.4 Å². The molecule has 24 heteroatoms. The van der Waals surface area contributed by atoms with Crippen molar-refractivity contribution in [1.82, 2.24) is 30.7 Å². The van der Waals surface area contributed by atoms with E-state index in [1.165, 1.54) is 30.4 Å². The number of thiazole rings is 1. The number of anilines is 3. The highest BCUT2D eigenvalue weighted by Gasteiger charge is 2.52. The summed E-state index contributed by atoms with van der Waals surface area (Å²) in [7, 11) is -3.89. The first-order valence-electron chi connectivity index (χ1n) is 24.4. The highest BCUT2D eigenvalue weighted by molar-refractivity contribution is 7.92. The Hall–Kier alpha value is -7.12. The van der Waals surface area contributed by atoms with E-state index in [-0.39, 0.29) is 71.2 Å². The van der Waals surface area contributed by atoms with E-state index in [2.05, 4.69) is 50.5 Å². The first kappa shape index (κ1) is 52.7. The van der Waals surface area contributed by atoms with Gasteiger partial charge in [0.25, 0.3) is 15.9 Å². The average molecular weight is 1070 g/mol. The molecule has 75 heavy (non-hydrogen) atoms. The van der Waals surface area contributed by atoms with Crippen LogP contribution < -0.4 is 35.5 Å². The van der Waals surface area contributed by atoms with Gasteiger partial charge >= 0.3 is 6.29 Å². The minimum absolute atomic E-state index is 0.0307. The maximum Gasteiger partial charge on any atom is 0.586 e. The minimum Gasteiger partial charge on any atom is -0.395 e. The van der Waals surface area contributed by atoms with Crippen LogP contribution in [0.3, 0.4) is 0 Å². The Morgan fingerprint density at radius 1 is 0.867 bits per heavy atom. The SMILES string of the molecule is Cc1ccc(NCC(=O)C2(c3ccc4c(c3)OC(F)(F)O4)CC2)nc1-c1cccc(C(=O)NCCOCCOCCNC(=O)CCN2CCC(C(=O)Nc3nc4ccc(NS(=O)(=O)c5conc5C)cc4s3)CC2)c1. The summed E-state index contributed by atoms with van der Waals surface area (Å²) >= 11 is 1.25. The number of likely N-dealkylation sites (tertiary alicyclic amines) is 1. The van der Waals surface area contributed by atoms with Crippen LogP contribution in [0, 0.1) is 19.8 Å². The van der Waals surface area contributed by atoms with E-state index in [4.69, 9.17) is 19.0 Å². The Kier molecular flexibility index (Phi) is 16.0. The van der Waals surface area contributed by atoms with E-state index < -0.39 is 21.7 Å². The number of sulfonamides is 1. The normalized spacial score (nSPS) is 15.8. The second kappa shape index (κ2) is 22.8. The lowest BCUT2D eigenvalue weighted by Gasteiger charge is -2.30. The van der Waals surface area contributed by atoms with Crippen molar-refractivity contribution in [3.63, 3.8) is 0 Å². The molecule has 2 aliphatic heterocycles. The van der Waals surface area contributed by atoms with Gasteiger partial charge in [0, 0.05) is 43.1 Å². The van der Waals surface area contributed by atoms with Crippen LogP contribution in [0.25, 0.3) is 21.5 Å². The molecule has 1 saturated heterocycles. The lowest BCUT2D eigenvalue weighted by molar-refractivity contribution is -0.286. The number of rotatable bonds is 24. The van der Waals surface area contributed by atoms with Crippen LogP contribution in [0.5, 0.6) is 11.5 Å². The zero-order chi connectivity index (χ0) is 52.7. The number of piperidine rings is 1. The summed E-state index contributed by atoms with van der Waals surface area (Å²) in [5.74, 6) is -0.525. The van der Waals surface area contributed by atoms with Gasteiger partial charge in [0.05, 0.1) is 60.0 Å². The van der Waals surface area contributed by atoms with Crippen molar-refractivity contribution < 1.29 is 59.8 Å². The van der Waals surface area contributed by atoms with Gasteiger partial charge in [-0.2, -0.15) is 0 Å². The van der Waals surface area contributed by atoms with Crippen molar-refractivity contribution in [1.29, 1.82) is 0 Å². The second-order valence-electron chi connectivity index (χ2n) is 18.4. The van der Waals surface area contributed by atoms with Crippen molar-refractivity contribution in [2.45, 2.75) is 62.6 Å². The Morgan fingerprint density at radius 2 is 1.63 bits per heavy atom. The van der Waals surface area contributed by atoms with Crippen molar-refractivity contribution in [3.8, 4) is 22.8 Å². The fourth-order valence-corrected chi connectivity index (χ4v) is 10.9. The molecule has 3 amide bonds. The van der Waals surface area contributed by atoms with Crippen molar-refractivity contribution in [3.05, 3.63) is 101 Å². The number of carbonyl (C=O) groups excluding carboxylic acids is 4. The number of ether oxygens (including phenoxy) is 4. The first-order chi connectivity index (χ1) is 36.0. The molecule has 0 radical (unpaired) electrons. The molecule has 3 aromatic heterocycles. The number of pyridine rings is 1. The number of nitrogens with zero attached hydrogens (tertiary/aromatic N) is 4. The molecule has 0 spiro atoms. The predicted octanol–water partition coefficient (Wildman–Crippen LogP) is 6.42. The van der Waals surface area contributed by atoms with Gasteiger partial charge in [-0.05, 0) is 112 Å². The standard InChI is InChI=1S/C51H55F2N9O11S2/c1-31-6-11-44(56-29-43(63)50(15-16-50)36-7-10-39-40(27-36)73-51(52,53)72-39)58-46(31)34-4-3-5-35(26-34)47(65)55-18-23-70-25-24-69-22-17-54-45(64)14-21-62-19-12-33(13-20-62)48(66)59-49-57-38-9-8-37(28-41(38)74-49)61-75(67,68)42-30-71-60-32(42)2/h3-11,26-28,30,33,61H,12-25,29H2,1-2H3,(H,54,64)(H,55,65)(H,56,58)(H,57,59,66). The topological polar surface area (TPSA) is 255 Å². The summed E-state index contributed by atoms with van der Waals surface area (Å²) in [6, 6.07) is 20.1. The van der Waals surface area contributed by atoms with Crippen LogP contribution >= 0.6 is 11.3 Å². The molecule has 3 aliphatic rings. The van der Waals surface area contributed by atoms with Gasteiger partial charge in [-0.25, -0.2) is 18.4 Å². The fourth-order valence-electron chi connectivity index (χ4n) is 8.86. The van der Waals surface area contributed by atoms with Gasteiger partial charge in [-0.3, -0.25) is 23.9 Å². The molecule has 5 N–H and O–H groups in total. The molecular weight excluding hydrogens is 1020 g/mol. The van der Waals surface area contributed by atoms with Crippen LogP contribution in [0.1, 0.15) is 59.3 Å². The third-order valence-corrected chi connectivity index (χ3v) is 15.5. The summed E-state index contributed by atoms with van der Waals surface area (Å²) < 4.78 is 81.0. The summed E-state index contributed by atoms with van der Waals surface area (Å²) in [4.78, 5) is 63.5. The fraction of sp³-hybridized carbons (Fsp3) is 0.392. The van der Waals surface area contributed by atoms with Gasteiger partial charge in [0.2, 0.25) is 11.8 Å². The maximum absolute atomic E-state index is 13.6. The number of fused-ring (bicyclic) bond motifs is 2. The second-order valence-corrected chi connectivity index (χ2v) is 21.1. The van der Waals surface area contributed by atoms with E-state index >= 15 is 0 Å². The molecule has 396 valence electrons. The summed E-state index contributed by atoms with van der Waals surface area (Å²) in [5, 5.41) is 15.8. The molecule has 1 saturated carbocycles. The third kappa shape index (κ3) is 13.0. The van der Waals surface area contributed by atoms with Gasteiger partial charge in [0.1, 0.15) is 22.7 Å². The number of alkyl halides is 2. The Morgan fingerprint density at radius 3 is 2.37 bits per heavy atom. The summed E-state index contributed by atoms with van der Waals surface area (Å²) in [6.45, 7) is 7.11. The van der Waals surface area contributed by atoms with Crippen molar-refractivity contribution >= 4 is 71.7 Å². The van der Waals surface area contributed by atoms with Crippen molar-refractivity contribution in [2.24, 2.45) is 5.92 Å². The number of hydrogen-bond acceptors (Lipinski definition) is 17. The number of amides is 3. The lowest BCUT2D eigenvalue weighted by atomic mass is 9.91. The molecule has 5 heterocycles. The number of nitrogens with one attached hydrogen (secondary N) is 5. The van der Waals surface area contributed by atoms with Crippen LogP contribution in [0.15, 0.2) is 88.5 Å². The van der Waals surface area contributed by atoms with E-state index in [0.29, 0.717) is 127 Å². The van der Waals surface area contributed by atoms with Crippen LogP contribution in [-0.2, 0) is 39.3 Å².